The molecule has 1 aliphatic heterocycles. The molecule has 1 saturated heterocycles. The highest BCUT2D eigenvalue weighted by atomic mass is 16.3. The smallest absolute Gasteiger partial charge is 0.245 e. The van der Waals surface area contributed by atoms with Crippen LogP contribution in [0.3, 0.4) is 0 Å². The molecule has 1 heterocycles. The fourth-order valence-corrected chi connectivity index (χ4v) is 8.98. The topological polar surface area (TPSA) is 491 Å². The SMILES string of the molecule is CC(C)CCCCC(=O)NC(CCN)C(=O)N[C@H](C(=O)NC(CCN)C(=O)NC1CCNC(=O)[C@H]([C@@H](C)O)NC(=O)C(CCN)NC(=O)C(CCN)NC(=O)C(CC(C)C)NC(=O)C(Cc2ccccc2)NC(=O)C(CCN)NC1=O)[C@@H](C)O. The minimum Gasteiger partial charge on any atom is -0.391 e. The van der Waals surface area contributed by atoms with E-state index >= 15 is 0 Å². The number of benzene rings is 1. The lowest BCUT2D eigenvalue weighted by atomic mass is 10.00. The zero-order chi connectivity index (χ0) is 63.1. The van der Waals surface area contributed by atoms with E-state index in [4.69, 9.17) is 28.7 Å². The first kappa shape index (κ1) is 73.2. The molecule has 0 aliphatic carbocycles. The molecule has 29 heteroatoms. The standard InChI is InChI=1S/C55H96N16O13/c1-30(2)12-10-11-15-43(74)62-35(16-22-56)50(79)71-45(33(6)73)55(84)67-38(19-25-59)47(76)66-40-21-27-61-54(83)44(32(5)72)70-51(80)39(20-26-60)64-46(75)36(17-23-57)65-52(81)41(28-31(3)4)68-53(82)42(29-34-13-8-7-9-14-34)69-48(77)37(18-24-58)63-49(40)78/h7-9,13-14,30-33,35-42,44-45,72-73H,10-12,15-29,56-60H2,1-6H3,(H,61,83)(H,62,74)(H,63,78)(H,64,75)(H,65,81)(H,66,76)(H,67,84)(H,68,82)(H,69,77)(H,70,80)(H,71,79)/t32-,33-,35?,36?,37?,38?,39?,40?,41?,42?,44+,45+/m1/s1. The van der Waals surface area contributed by atoms with E-state index in [2.05, 4.69) is 72.3 Å². The van der Waals surface area contributed by atoms with Crippen LogP contribution in [0.15, 0.2) is 30.3 Å². The summed E-state index contributed by atoms with van der Waals surface area (Å²) in [5, 5.41) is 49.6. The molecule has 1 aliphatic rings. The molecule has 2 rings (SSSR count). The van der Waals surface area contributed by atoms with Crippen LogP contribution in [-0.4, -0.2) is 187 Å². The van der Waals surface area contributed by atoms with Gasteiger partial charge >= 0.3 is 0 Å². The number of hydrogen-bond acceptors (Lipinski definition) is 18. The Labute approximate surface area is 491 Å². The highest BCUT2D eigenvalue weighted by Gasteiger charge is 2.37. The predicted molar refractivity (Wildman–Crippen MR) is 312 cm³/mol. The molecule has 84 heavy (non-hydrogen) atoms. The van der Waals surface area contributed by atoms with Crippen molar-refractivity contribution >= 4 is 65.0 Å². The molecule has 0 spiro atoms. The van der Waals surface area contributed by atoms with Gasteiger partial charge in [-0.25, -0.2) is 0 Å². The van der Waals surface area contributed by atoms with Crippen LogP contribution in [0.2, 0.25) is 0 Å². The number of carbonyl (C=O) groups is 11. The van der Waals surface area contributed by atoms with Gasteiger partial charge in [0, 0.05) is 19.4 Å². The molecule has 11 amide bonds. The quantitative estimate of drug-likeness (QED) is 0.0348. The third-order valence-corrected chi connectivity index (χ3v) is 13.6. The first-order valence-electron chi connectivity index (χ1n) is 29.0. The molecule has 1 fully saturated rings. The lowest BCUT2D eigenvalue weighted by Gasteiger charge is -2.29. The Balaban J connectivity index is 2.69. The van der Waals surface area contributed by atoms with Crippen LogP contribution in [0.4, 0.5) is 0 Å². The molecule has 8 unspecified atom stereocenters. The van der Waals surface area contributed by atoms with Gasteiger partial charge in [0.05, 0.1) is 12.2 Å². The highest BCUT2D eigenvalue weighted by Crippen LogP contribution is 2.12. The van der Waals surface area contributed by atoms with Crippen molar-refractivity contribution in [2.45, 2.75) is 191 Å². The van der Waals surface area contributed by atoms with Crippen molar-refractivity contribution in [3.63, 3.8) is 0 Å². The van der Waals surface area contributed by atoms with E-state index in [1.54, 1.807) is 44.2 Å². The van der Waals surface area contributed by atoms with Gasteiger partial charge in [0.25, 0.3) is 0 Å². The molecule has 23 N–H and O–H groups in total. The Kier molecular flexibility index (Phi) is 33.9. The largest absolute Gasteiger partial charge is 0.391 e. The number of carbonyl (C=O) groups excluding carboxylic acids is 11. The Morgan fingerprint density at radius 1 is 0.536 bits per heavy atom. The number of unbranched alkanes of at least 4 members (excludes halogenated alkanes) is 1. The van der Waals surface area contributed by atoms with Crippen molar-refractivity contribution in [1.29, 1.82) is 0 Å². The van der Waals surface area contributed by atoms with Crippen LogP contribution in [0.1, 0.15) is 118 Å². The molecule has 0 radical (unpaired) electrons. The van der Waals surface area contributed by atoms with Gasteiger partial charge in [0.15, 0.2) is 0 Å². The average Bonchev–Trinajstić information content (AvgIpc) is 3.63. The van der Waals surface area contributed by atoms with Crippen LogP contribution < -0.4 is 87.2 Å². The second-order valence-corrected chi connectivity index (χ2v) is 21.9. The molecule has 1 aromatic rings. The molecule has 0 aromatic heterocycles. The maximum Gasteiger partial charge on any atom is 0.245 e. The van der Waals surface area contributed by atoms with Crippen molar-refractivity contribution in [2.24, 2.45) is 40.5 Å². The minimum atomic E-state index is -1.70. The minimum absolute atomic E-state index is 0.0181. The Morgan fingerprint density at radius 3 is 1.52 bits per heavy atom. The fourth-order valence-electron chi connectivity index (χ4n) is 8.98. The third kappa shape index (κ3) is 26.4. The number of amides is 11. The van der Waals surface area contributed by atoms with Crippen LogP contribution in [0.25, 0.3) is 0 Å². The maximum absolute atomic E-state index is 14.5. The lowest BCUT2D eigenvalue weighted by Crippen LogP contribution is -2.62. The van der Waals surface area contributed by atoms with E-state index in [0.29, 0.717) is 17.9 Å². The van der Waals surface area contributed by atoms with Crippen LogP contribution >= 0.6 is 0 Å². The molecule has 29 nitrogen and oxygen atoms in total. The van der Waals surface area contributed by atoms with Gasteiger partial charge < -0.3 is 97.4 Å². The molecular weight excluding hydrogens is 1090 g/mol. The summed E-state index contributed by atoms with van der Waals surface area (Å²) < 4.78 is 0. The van der Waals surface area contributed by atoms with Crippen LogP contribution in [0.5, 0.6) is 0 Å². The zero-order valence-electron chi connectivity index (χ0n) is 49.5. The maximum atomic E-state index is 14.5. The fraction of sp³-hybridized carbons (Fsp3) is 0.691. The predicted octanol–water partition coefficient (Wildman–Crippen LogP) is -5.63. The van der Waals surface area contributed by atoms with Gasteiger partial charge in [-0.05, 0) is 115 Å². The molecule has 1 aromatic carbocycles. The number of nitrogens with two attached hydrogens (primary N) is 5. The summed E-state index contributed by atoms with van der Waals surface area (Å²) in [6.45, 7) is 8.92. The summed E-state index contributed by atoms with van der Waals surface area (Å²) in [5.74, 6) is -9.52. The Bertz CT molecular complexity index is 2290. The number of hydrogen-bond donors (Lipinski definition) is 18. The first-order chi connectivity index (χ1) is 39.8. The van der Waals surface area contributed by atoms with E-state index < -0.39 is 151 Å². The molecule has 0 saturated carbocycles. The number of aliphatic hydroxyl groups excluding tert-OH is 2. The Hall–Kier alpha value is -6.89. The summed E-state index contributed by atoms with van der Waals surface area (Å²) >= 11 is 0. The second-order valence-electron chi connectivity index (χ2n) is 21.9. The van der Waals surface area contributed by atoms with Crippen LogP contribution in [0, 0.1) is 11.8 Å². The molecule has 0 bridgehead atoms. The molecule has 474 valence electrons. The molecule has 12 atom stereocenters. The zero-order valence-corrected chi connectivity index (χ0v) is 49.5. The highest BCUT2D eigenvalue weighted by molar-refractivity contribution is 5.99. The van der Waals surface area contributed by atoms with Crippen molar-refractivity contribution in [1.82, 2.24) is 58.5 Å². The van der Waals surface area contributed by atoms with Crippen molar-refractivity contribution in [3.8, 4) is 0 Å². The normalized spacial score (nSPS) is 22.7. The van der Waals surface area contributed by atoms with Gasteiger partial charge in [-0.1, -0.05) is 70.9 Å². The molecular formula is C55H96N16O13. The van der Waals surface area contributed by atoms with Crippen molar-refractivity contribution in [2.75, 3.05) is 39.3 Å². The monoisotopic (exact) mass is 1190 g/mol. The van der Waals surface area contributed by atoms with E-state index in [1.165, 1.54) is 13.8 Å². The summed E-state index contributed by atoms with van der Waals surface area (Å²) in [5.41, 5.74) is 29.9. The van der Waals surface area contributed by atoms with E-state index in [0.717, 1.165) is 12.8 Å². The van der Waals surface area contributed by atoms with Crippen LogP contribution in [-0.2, 0) is 59.2 Å². The van der Waals surface area contributed by atoms with Crippen molar-refractivity contribution in [3.05, 3.63) is 35.9 Å². The Morgan fingerprint density at radius 2 is 1.02 bits per heavy atom. The van der Waals surface area contributed by atoms with Gasteiger partial charge in [-0.15, -0.1) is 0 Å². The van der Waals surface area contributed by atoms with E-state index in [-0.39, 0.29) is 90.0 Å². The summed E-state index contributed by atoms with van der Waals surface area (Å²) in [7, 11) is 0. The third-order valence-electron chi connectivity index (χ3n) is 13.6. The lowest BCUT2D eigenvalue weighted by molar-refractivity contribution is -0.137. The average molecular weight is 1190 g/mol. The number of nitrogens with one attached hydrogen (secondary N) is 11. The number of aliphatic hydroxyl groups is 2. The second kappa shape index (κ2) is 38.9. The van der Waals surface area contributed by atoms with E-state index in [9.17, 15) is 63.0 Å². The van der Waals surface area contributed by atoms with Gasteiger partial charge in [-0.2, -0.15) is 0 Å². The summed E-state index contributed by atoms with van der Waals surface area (Å²) in [4.78, 5) is 154. The summed E-state index contributed by atoms with van der Waals surface area (Å²) in [6.07, 6.45) is -2.10. The van der Waals surface area contributed by atoms with E-state index in [1.807, 2.05) is 0 Å². The summed E-state index contributed by atoms with van der Waals surface area (Å²) in [6, 6.07) is -6.23. The van der Waals surface area contributed by atoms with Gasteiger partial charge in [0.1, 0.15) is 60.4 Å². The number of rotatable bonds is 28. The first-order valence-corrected chi connectivity index (χ1v) is 29.0. The van der Waals surface area contributed by atoms with Crippen molar-refractivity contribution < 1.29 is 63.0 Å². The van der Waals surface area contributed by atoms with Gasteiger partial charge in [0.2, 0.25) is 65.0 Å². The van der Waals surface area contributed by atoms with Gasteiger partial charge in [-0.3, -0.25) is 52.7 Å².